The van der Waals surface area contributed by atoms with Gasteiger partial charge >= 0.3 is 5.97 Å². The summed E-state index contributed by atoms with van der Waals surface area (Å²) in [4.78, 5) is 24.4. The van der Waals surface area contributed by atoms with Crippen LogP contribution in [0.2, 0.25) is 0 Å². The highest BCUT2D eigenvalue weighted by Gasteiger charge is 2.23. The first kappa shape index (κ1) is 17.9. The summed E-state index contributed by atoms with van der Waals surface area (Å²) < 4.78 is 5.81. The Balaban J connectivity index is 2.16. The molecule has 0 aliphatic carbocycles. The molecule has 0 saturated carbocycles. The first-order chi connectivity index (χ1) is 11.5. The van der Waals surface area contributed by atoms with Crippen LogP contribution in [0.4, 0.5) is 0 Å². The van der Waals surface area contributed by atoms with Crippen molar-refractivity contribution in [1.29, 1.82) is 5.26 Å². The molecule has 0 unspecified atom stereocenters. The molecule has 1 amide bonds. The predicted octanol–water partition coefficient (Wildman–Crippen LogP) is 2.68. The van der Waals surface area contributed by atoms with E-state index in [2.05, 4.69) is 27.9 Å². The largest absolute Gasteiger partial charge is 0.467 e. The summed E-state index contributed by atoms with van der Waals surface area (Å²) in [6, 6.07) is 15.1. The number of ether oxygens (including phenoxy) is 1. The highest BCUT2D eigenvalue weighted by atomic mass is 127. The monoisotopic (exact) mass is 434 g/mol. The molecule has 0 fully saturated rings. The maximum Gasteiger partial charge on any atom is 0.328 e. The summed E-state index contributed by atoms with van der Waals surface area (Å²) in [5.74, 6) is -0.891. The predicted molar refractivity (Wildman–Crippen MR) is 97.3 cm³/mol. The van der Waals surface area contributed by atoms with Gasteiger partial charge < -0.3 is 10.1 Å². The zero-order valence-corrected chi connectivity index (χ0v) is 15.1. The van der Waals surface area contributed by atoms with Gasteiger partial charge in [0.05, 0.1) is 18.7 Å². The van der Waals surface area contributed by atoms with Crippen molar-refractivity contribution in [2.75, 3.05) is 7.11 Å². The SMILES string of the molecule is COC(=O)[C@@H](Cc1ccccc1I)NC(=O)c1ccc(C#N)cc1. The quantitative estimate of drug-likeness (QED) is 0.580. The van der Waals surface area contributed by atoms with Crippen LogP contribution >= 0.6 is 22.6 Å². The lowest BCUT2D eigenvalue weighted by molar-refractivity contribution is -0.142. The Bertz CT molecular complexity index is 782. The first-order valence-corrected chi connectivity index (χ1v) is 8.25. The summed E-state index contributed by atoms with van der Waals surface area (Å²) in [5.41, 5.74) is 1.80. The molecular formula is C18H15IN2O3. The number of carbonyl (C=O) groups is 2. The molecule has 24 heavy (non-hydrogen) atoms. The number of nitrogens with one attached hydrogen (secondary N) is 1. The molecule has 6 heteroatoms. The van der Waals surface area contributed by atoms with Crippen LogP contribution in [0.5, 0.6) is 0 Å². The molecule has 2 aromatic carbocycles. The average Bonchev–Trinajstić information content (AvgIpc) is 2.62. The second-order valence-corrected chi connectivity index (χ2v) is 6.20. The lowest BCUT2D eigenvalue weighted by Crippen LogP contribution is -2.43. The molecule has 0 aliphatic heterocycles. The number of hydrogen-bond acceptors (Lipinski definition) is 4. The topological polar surface area (TPSA) is 79.2 Å². The van der Waals surface area contributed by atoms with Gasteiger partial charge in [-0.3, -0.25) is 4.79 Å². The third-order valence-corrected chi connectivity index (χ3v) is 4.50. The second-order valence-electron chi connectivity index (χ2n) is 5.03. The molecule has 0 saturated heterocycles. The average molecular weight is 434 g/mol. The number of esters is 1. The third-order valence-electron chi connectivity index (χ3n) is 3.45. The van der Waals surface area contributed by atoms with Crippen molar-refractivity contribution in [2.24, 2.45) is 0 Å². The van der Waals surface area contributed by atoms with Gasteiger partial charge in [-0.25, -0.2) is 4.79 Å². The fraction of sp³-hybridized carbons (Fsp3) is 0.167. The minimum atomic E-state index is -0.783. The third kappa shape index (κ3) is 4.55. The van der Waals surface area contributed by atoms with Crippen LogP contribution in [0.3, 0.4) is 0 Å². The zero-order valence-electron chi connectivity index (χ0n) is 13.0. The van der Waals surface area contributed by atoms with Gasteiger partial charge in [-0.15, -0.1) is 0 Å². The lowest BCUT2D eigenvalue weighted by Gasteiger charge is -2.17. The van der Waals surface area contributed by atoms with Gasteiger partial charge in [0.15, 0.2) is 0 Å². The van der Waals surface area contributed by atoms with E-state index in [-0.39, 0.29) is 5.91 Å². The molecule has 0 aliphatic rings. The molecule has 122 valence electrons. The highest BCUT2D eigenvalue weighted by molar-refractivity contribution is 14.1. The molecule has 2 aromatic rings. The summed E-state index contributed by atoms with van der Waals surface area (Å²) in [5, 5.41) is 11.5. The number of hydrogen-bond donors (Lipinski definition) is 1. The molecule has 2 rings (SSSR count). The van der Waals surface area contributed by atoms with Crippen LogP contribution in [0.15, 0.2) is 48.5 Å². The van der Waals surface area contributed by atoms with Crippen molar-refractivity contribution in [1.82, 2.24) is 5.32 Å². The number of carbonyl (C=O) groups excluding carboxylic acids is 2. The molecule has 5 nitrogen and oxygen atoms in total. The number of halogens is 1. The van der Waals surface area contributed by atoms with E-state index in [4.69, 9.17) is 10.00 Å². The van der Waals surface area contributed by atoms with E-state index in [0.717, 1.165) is 9.13 Å². The Morgan fingerprint density at radius 1 is 1.21 bits per heavy atom. The summed E-state index contributed by atoms with van der Waals surface area (Å²) in [7, 11) is 1.29. The number of rotatable bonds is 5. The number of nitrogens with zero attached hydrogens (tertiary/aromatic N) is 1. The minimum absolute atomic E-state index is 0.341. The maximum absolute atomic E-state index is 12.3. The van der Waals surface area contributed by atoms with Gasteiger partial charge in [0.2, 0.25) is 0 Å². The van der Waals surface area contributed by atoms with Crippen LogP contribution in [0.25, 0.3) is 0 Å². The van der Waals surface area contributed by atoms with Crippen molar-refractivity contribution in [3.05, 3.63) is 68.8 Å². The van der Waals surface area contributed by atoms with Crippen molar-refractivity contribution < 1.29 is 14.3 Å². The van der Waals surface area contributed by atoms with Gasteiger partial charge in [-0.05, 0) is 58.5 Å². The van der Waals surface area contributed by atoms with E-state index >= 15 is 0 Å². The van der Waals surface area contributed by atoms with Crippen LogP contribution < -0.4 is 5.32 Å². The van der Waals surface area contributed by atoms with E-state index in [0.29, 0.717) is 17.5 Å². The van der Waals surface area contributed by atoms with Crippen LogP contribution in [0.1, 0.15) is 21.5 Å². The Kier molecular flexibility index (Phi) is 6.32. The maximum atomic E-state index is 12.3. The molecule has 0 aromatic heterocycles. The molecule has 1 atom stereocenters. The Hall–Kier alpha value is -2.40. The first-order valence-electron chi connectivity index (χ1n) is 7.17. The normalized spacial score (nSPS) is 11.2. The summed E-state index contributed by atoms with van der Waals surface area (Å²) >= 11 is 2.19. The van der Waals surface area contributed by atoms with E-state index in [1.54, 1.807) is 24.3 Å². The van der Waals surface area contributed by atoms with E-state index < -0.39 is 12.0 Å². The van der Waals surface area contributed by atoms with Crippen molar-refractivity contribution in [2.45, 2.75) is 12.5 Å². The number of nitriles is 1. The molecule has 0 heterocycles. The van der Waals surface area contributed by atoms with E-state index in [1.807, 2.05) is 30.3 Å². The molecule has 0 spiro atoms. The molecule has 0 radical (unpaired) electrons. The number of methoxy groups -OCH3 is 1. The zero-order chi connectivity index (χ0) is 17.5. The Morgan fingerprint density at radius 3 is 2.46 bits per heavy atom. The number of amides is 1. The molecule has 0 bridgehead atoms. The highest BCUT2D eigenvalue weighted by Crippen LogP contribution is 2.14. The summed E-state index contributed by atoms with van der Waals surface area (Å²) in [6.07, 6.45) is 0.341. The number of benzene rings is 2. The smallest absolute Gasteiger partial charge is 0.328 e. The standard InChI is InChI=1S/C18H15IN2O3/c1-24-18(23)16(10-14-4-2-3-5-15(14)19)21-17(22)13-8-6-12(11-20)7-9-13/h2-9,16H,10H2,1H3,(H,21,22)/t16-/m1/s1. The fourth-order valence-corrected chi connectivity index (χ4v) is 2.76. The second kappa shape index (κ2) is 8.45. The fourth-order valence-electron chi connectivity index (χ4n) is 2.16. The van der Waals surface area contributed by atoms with Gasteiger partial charge in [-0.2, -0.15) is 5.26 Å². The molecular weight excluding hydrogens is 419 g/mol. The minimum Gasteiger partial charge on any atom is -0.467 e. The van der Waals surface area contributed by atoms with Crippen LogP contribution in [-0.4, -0.2) is 25.0 Å². The van der Waals surface area contributed by atoms with Crippen LogP contribution in [0, 0.1) is 14.9 Å². The molecule has 1 N–H and O–H groups in total. The van der Waals surface area contributed by atoms with Crippen molar-refractivity contribution >= 4 is 34.5 Å². The lowest BCUT2D eigenvalue weighted by atomic mass is 10.1. The van der Waals surface area contributed by atoms with Gasteiger partial charge in [0, 0.05) is 15.6 Å². The van der Waals surface area contributed by atoms with Gasteiger partial charge in [0.1, 0.15) is 6.04 Å². The van der Waals surface area contributed by atoms with E-state index in [1.165, 1.54) is 7.11 Å². The Labute approximate surface area is 153 Å². The summed E-state index contributed by atoms with van der Waals surface area (Å²) in [6.45, 7) is 0. The Morgan fingerprint density at radius 2 is 1.88 bits per heavy atom. The van der Waals surface area contributed by atoms with Gasteiger partial charge in [-0.1, -0.05) is 18.2 Å². The van der Waals surface area contributed by atoms with Crippen molar-refractivity contribution in [3.63, 3.8) is 0 Å². The van der Waals surface area contributed by atoms with E-state index in [9.17, 15) is 9.59 Å². The van der Waals surface area contributed by atoms with Gasteiger partial charge in [0.25, 0.3) is 5.91 Å². The van der Waals surface area contributed by atoms with Crippen LogP contribution in [-0.2, 0) is 16.0 Å². The van der Waals surface area contributed by atoms with Crippen molar-refractivity contribution in [3.8, 4) is 6.07 Å².